The van der Waals surface area contributed by atoms with Gasteiger partial charge in [-0.05, 0) is 18.1 Å². The number of nitrogens with one attached hydrogen (secondary N) is 1. The lowest BCUT2D eigenvalue weighted by Gasteiger charge is -2.40. The molecule has 3 N–H and O–H groups in total. The summed E-state index contributed by atoms with van der Waals surface area (Å²) in [5, 5.41) is 0. The van der Waals surface area contributed by atoms with Crippen LogP contribution in [0, 0.1) is 5.92 Å². The van der Waals surface area contributed by atoms with Crippen LogP contribution in [0.3, 0.4) is 0 Å². The molecule has 1 aliphatic rings. The van der Waals surface area contributed by atoms with Crippen molar-refractivity contribution in [3.63, 3.8) is 0 Å². The zero-order valence-corrected chi connectivity index (χ0v) is 12.2. The first-order valence-corrected chi connectivity index (χ1v) is 7.18. The molecular formula is C15H24N4O. The van der Waals surface area contributed by atoms with E-state index in [0.29, 0.717) is 0 Å². The van der Waals surface area contributed by atoms with E-state index in [1.165, 1.54) is 5.69 Å². The molecule has 1 amide bonds. The van der Waals surface area contributed by atoms with Crippen LogP contribution in [0.25, 0.3) is 0 Å². The van der Waals surface area contributed by atoms with Gasteiger partial charge in [0.25, 0.3) is 5.91 Å². The van der Waals surface area contributed by atoms with E-state index in [9.17, 15) is 4.79 Å². The van der Waals surface area contributed by atoms with Crippen molar-refractivity contribution < 1.29 is 4.79 Å². The van der Waals surface area contributed by atoms with Crippen molar-refractivity contribution in [2.75, 3.05) is 31.1 Å². The predicted octanol–water partition coefficient (Wildman–Crippen LogP) is 0.823. The van der Waals surface area contributed by atoms with Gasteiger partial charge in [0, 0.05) is 31.9 Å². The maximum atomic E-state index is 11.9. The molecule has 1 aromatic carbocycles. The van der Waals surface area contributed by atoms with Crippen molar-refractivity contribution in [3.05, 3.63) is 30.3 Å². The summed E-state index contributed by atoms with van der Waals surface area (Å²) in [6, 6.07) is 10.3. The lowest BCUT2D eigenvalue weighted by molar-refractivity contribution is -0.128. The molecule has 1 aromatic rings. The highest BCUT2D eigenvalue weighted by atomic mass is 16.2. The van der Waals surface area contributed by atoms with E-state index in [-0.39, 0.29) is 17.9 Å². The first-order valence-electron chi connectivity index (χ1n) is 7.18. The minimum atomic E-state index is -0.141. The second-order valence-electron chi connectivity index (χ2n) is 5.56. The molecule has 2 rings (SSSR count). The van der Waals surface area contributed by atoms with Gasteiger partial charge >= 0.3 is 0 Å². The number of benzene rings is 1. The number of carbonyl (C=O) groups excluding carboxylic acids is 1. The summed E-state index contributed by atoms with van der Waals surface area (Å²) < 4.78 is 0. The van der Waals surface area contributed by atoms with E-state index in [1.54, 1.807) is 0 Å². The third-order valence-electron chi connectivity index (χ3n) is 3.87. The van der Waals surface area contributed by atoms with E-state index in [0.717, 1.165) is 26.2 Å². The van der Waals surface area contributed by atoms with E-state index in [2.05, 4.69) is 53.3 Å². The Bertz CT molecular complexity index is 427. The van der Waals surface area contributed by atoms with Gasteiger partial charge in [-0.25, -0.2) is 5.84 Å². The van der Waals surface area contributed by atoms with Gasteiger partial charge in [0.1, 0.15) is 0 Å². The molecule has 0 saturated carbocycles. The van der Waals surface area contributed by atoms with Crippen LogP contribution in [0.1, 0.15) is 13.8 Å². The quantitative estimate of drug-likeness (QED) is 0.486. The minimum Gasteiger partial charge on any atom is -0.369 e. The van der Waals surface area contributed by atoms with Crippen LogP contribution in [0.15, 0.2) is 30.3 Å². The van der Waals surface area contributed by atoms with Crippen molar-refractivity contribution in [1.29, 1.82) is 0 Å². The average Bonchev–Trinajstić information content (AvgIpc) is 2.48. The Morgan fingerprint density at radius 1 is 1.15 bits per heavy atom. The zero-order chi connectivity index (χ0) is 14.5. The second-order valence-corrected chi connectivity index (χ2v) is 5.56. The highest BCUT2D eigenvalue weighted by molar-refractivity contribution is 5.81. The smallest absolute Gasteiger partial charge is 0.251 e. The first-order chi connectivity index (χ1) is 9.63. The zero-order valence-electron chi connectivity index (χ0n) is 12.2. The van der Waals surface area contributed by atoms with E-state index in [1.807, 2.05) is 6.07 Å². The van der Waals surface area contributed by atoms with Gasteiger partial charge in [-0.3, -0.25) is 15.1 Å². The summed E-state index contributed by atoms with van der Waals surface area (Å²) >= 11 is 0. The van der Waals surface area contributed by atoms with Crippen LogP contribution in [-0.2, 0) is 4.79 Å². The third kappa shape index (κ3) is 3.29. The lowest BCUT2D eigenvalue weighted by atomic mass is 10.0. The molecule has 1 atom stereocenters. The van der Waals surface area contributed by atoms with Gasteiger partial charge in [0.15, 0.2) is 0 Å². The van der Waals surface area contributed by atoms with Gasteiger partial charge in [-0.2, -0.15) is 0 Å². The number of anilines is 1. The van der Waals surface area contributed by atoms with Crippen molar-refractivity contribution in [1.82, 2.24) is 10.3 Å². The Kier molecular flexibility index (Phi) is 4.98. The van der Waals surface area contributed by atoms with Crippen LogP contribution in [0.5, 0.6) is 0 Å². The van der Waals surface area contributed by atoms with Gasteiger partial charge < -0.3 is 4.90 Å². The number of carbonyl (C=O) groups is 1. The molecule has 0 aliphatic carbocycles. The Balaban J connectivity index is 1.98. The minimum absolute atomic E-state index is 0.0897. The van der Waals surface area contributed by atoms with Crippen molar-refractivity contribution >= 4 is 11.6 Å². The molecule has 0 radical (unpaired) electrons. The van der Waals surface area contributed by atoms with Gasteiger partial charge in [-0.1, -0.05) is 32.0 Å². The van der Waals surface area contributed by atoms with E-state index >= 15 is 0 Å². The number of piperazine rings is 1. The van der Waals surface area contributed by atoms with Crippen molar-refractivity contribution in [2.45, 2.75) is 19.9 Å². The standard InChI is InChI=1S/C15H24N4O/c1-12(2)14(15(20)17-16)19-10-8-18(9-11-19)13-6-4-3-5-7-13/h3-7,12,14H,8-11,16H2,1-2H3,(H,17,20)/t14-/m1/s1. The van der Waals surface area contributed by atoms with Gasteiger partial charge in [0.05, 0.1) is 6.04 Å². The maximum absolute atomic E-state index is 11.9. The van der Waals surface area contributed by atoms with Crippen LogP contribution in [0.2, 0.25) is 0 Å². The molecule has 1 fully saturated rings. The average molecular weight is 276 g/mol. The Hall–Kier alpha value is -1.59. The molecule has 20 heavy (non-hydrogen) atoms. The summed E-state index contributed by atoms with van der Waals surface area (Å²) in [6.45, 7) is 7.75. The number of amides is 1. The molecular weight excluding hydrogens is 252 g/mol. The van der Waals surface area contributed by atoms with Crippen LogP contribution >= 0.6 is 0 Å². The first kappa shape index (κ1) is 14.8. The van der Waals surface area contributed by atoms with Crippen LogP contribution in [0.4, 0.5) is 5.69 Å². The summed E-state index contributed by atoms with van der Waals surface area (Å²) in [5.41, 5.74) is 3.54. The van der Waals surface area contributed by atoms with Crippen LogP contribution in [-0.4, -0.2) is 43.0 Å². The Morgan fingerprint density at radius 2 is 1.75 bits per heavy atom. The maximum Gasteiger partial charge on any atom is 0.251 e. The summed E-state index contributed by atoms with van der Waals surface area (Å²) in [4.78, 5) is 16.5. The third-order valence-corrected chi connectivity index (χ3v) is 3.87. The monoisotopic (exact) mass is 276 g/mol. The second kappa shape index (κ2) is 6.72. The fraction of sp³-hybridized carbons (Fsp3) is 0.533. The highest BCUT2D eigenvalue weighted by Crippen LogP contribution is 2.19. The largest absolute Gasteiger partial charge is 0.369 e. The number of nitrogens with zero attached hydrogens (tertiary/aromatic N) is 2. The van der Waals surface area contributed by atoms with Crippen molar-refractivity contribution in [2.24, 2.45) is 11.8 Å². The number of rotatable bonds is 4. The Labute approximate surface area is 120 Å². The molecule has 1 aliphatic heterocycles. The molecule has 0 spiro atoms. The number of para-hydroxylation sites is 1. The molecule has 1 saturated heterocycles. The van der Waals surface area contributed by atoms with Gasteiger partial charge in [0.2, 0.25) is 0 Å². The Morgan fingerprint density at radius 3 is 2.25 bits per heavy atom. The fourth-order valence-corrected chi connectivity index (χ4v) is 2.87. The molecule has 1 heterocycles. The summed E-state index contributed by atoms with van der Waals surface area (Å²) in [7, 11) is 0. The summed E-state index contributed by atoms with van der Waals surface area (Å²) in [6.07, 6.45) is 0. The molecule has 0 unspecified atom stereocenters. The van der Waals surface area contributed by atoms with Crippen LogP contribution < -0.4 is 16.2 Å². The molecule has 0 aromatic heterocycles. The highest BCUT2D eigenvalue weighted by Gasteiger charge is 2.30. The SMILES string of the molecule is CC(C)[C@H](C(=O)NN)N1CCN(c2ccccc2)CC1. The number of nitrogens with two attached hydrogens (primary N) is 1. The molecule has 5 nitrogen and oxygen atoms in total. The lowest BCUT2D eigenvalue weighted by Crippen LogP contribution is -2.57. The molecule has 110 valence electrons. The normalized spacial score (nSPS) is 18.1. The number of hydrogen-bond acceptors (Lipinski definition) is 4. The topological polar surface area (TPSA) is 61.6 Å². The molecule has 0 bridgehead atoms. The van der Waals surface area contributed by atoms with E-state index in [4.69, 9.17) is 5.84 Å². The summed E-state index contributed by atoms with van der Waals surface area (Å²) in [5.74, 6) is 5.46. The number of hydrazine groups is 1. The predicted molar refractivity (Wildman–Crippen MR) is 81.2 cm³/mol. The van der Waals surface area contributed by atoms with E-state index < -0.39 is 0 Å². The fourth-order valence-electron chi connectivity index (χ4n) is 2.87. The van der Waals surface area contributed by atoms with Crippen molar-refractivity contribution in [3.8, 4) is 0 Å². The number of hydrogen-bond donors (Lipinski definition) is 2. The van der Waals surface area contributed by atoms with Gasteiger partial charge in [-0.15, -0.1) is 0 Å². The molecule has 5 heteroatoms.